The fourth-order valence-electron chi connectivity index (χ4n) is 4.79. The van der Waals surface area contributed by atoms with Crippen LogP contribution in [0.25, 0.3) is 10.8 Å². The minimum Gasteiger partial charge on any atom is -0.389 e. The van der Waals surface area contributed by atoms with Crippen LogP contribution in [0, 0.1) is 5.92 Å². The topological polar surface area (TPSA) is 62.5 Å². The van der Waals surface area contributed by atoms with Gasteiger partial charge >= 0.3 is 0 Å². The van der Waals surface area contributed by atoms with Gasteiger partial charge in [0.25, 0.3) is 11.5 Å². The summed E-state index contributed by atoms with van der Waals surface area (Å²) in [5.41, 5.74) is -0.0778. The van der Waals surface area contributed by atoms with Crippen molar-refractivity contribution in [1.29, 1.82) is 0 Å². The predicted molar refractivity (Wildman–Crippen MR) is 106 cm³/mol. The number of aliphatic hydroxyl groups is 1. The zero-order valence-corrected chi connectivity index (χ0v) is 16.1. The summed E-state index contributed by atoms with van der Waals surface area (Å²) in [5.74, 6) is 0.124. The summed E-state index contributed by atoms with van der Waals surface area (Å²) in [6.45, 7) is 5.08. The van der Waals surface area contributed by atoms with E-state index in [4.69, 9.17) is 0 Å². The smallest absolute Gasteiger partial charge is 0.258 e. The summed E-state index contributed by atoms with van der Waals surface area (Å²) in [5, 5.41) is 12.2. The second-order valence-electron chi connectivity index (χ2n) is 8.44. The molecule has 2 heterocycles. The van der Waals surface area contributed by atoms with Crippen molar-refractivity contribution < 1.29 is 9.90 Å². The number of fused-ring (bicyclic) bond motifs is 2. The van der Waals surface area contributed by atoms with Gasteiger partial charge in [0.2, 0.25) is 0 Å². The van der Waals surface area contributed by atoms with Crippen LogP contribution in [-0.4, -0.2) is 39.2 Å². The Hall–Kier alpha value is -2.14. The predicted octanol–water partition coefficient (Wildman–Crippen LogP) is 3.35. The second-order valence-corrected chi connectivity index (χ2v) is 8.44. The number of piperidine rings is 1. The van der Waals surface area contributed by atoms with Gasteiger partial charge in [-0.25, -0.2) is 0 Å². The minimum atomic E-state index is -0.603. The minimum absolute atomic E-state index is 0.0153. The second kappa shape index (κ2) is 6.79. The first-order valence-corrected chi connectivity index (χ1v) is 10.1. The van der Waals surface area contributed by atoms with Gasteiger partial charge in [-0.1, -0.05) is 31.0 Å². The summed E-state index contributed by atoms with van der Waals surface area (Å²) in [7, 11) is 0. The molecule has 2 aliphatic rings. The molecule has 1 aromatic carbocycles. The Kier molecular flexibility index (Phi) is 4.58. The monoisotopic (exact) mass is 368 g/mol. The van der Waals surface area contributed by atoms with Gasteiger partial charge in [-0.15, -0.1) is 0 Å². The number of hydrogen-bond donors (Lipinski definition) is 1. The third-order valence-corrected chi connectivity index (χ3v) is 6.45. The van der Waals surface area contributed by atoms with Gasteiger partial charge in [-0.2, -0.15) is 0 Å². The first-order valence-electron chi connectivity index (χ1n) is 10.1. The summed E-state index contributed by atoms with van der Waals surface area (Å²) in [4.78, 5) is 28.0. The molecule has 1 saturated heterocycles. The van der Waals surface area contributed by atoms with Crippen LogP contribution in [-0.2, 0) is 0 Å². The average Bonchev–Trinajstić information content (AvgIpc) is 2.67. The van der Waals surface area contributed by atoms with Gasteiger partial charge in [-0.05, 0) is 39.2 Å². The number of amides is 1. The molecule has 2 aromatic rings. The number of carbonyl (C=O) groups is 1. The molecule has 5 heteroatoms. The van der Waals surface area contributed by atoms with Crippen molar-refractivity contribution in [2.75, 3.05) is 13.1 Å². The number of carbonyl (C=O) groups excluding carboxylic acids is 1. The Labute approximate surface area is 159 Å². The van der Waals surface area contributed by atoms with Gasteiger partial charge in [0.1, 0.15) is 0 Å². The van der Waals surface area contributed by atoms with Gasteiger partial charge in [0.15, 0.2) is 0 Å². The van der Waals surface area contributed by atoms with Crippen LogP contribution in [0.1, 0.15) is 62.4 Å². The van der Waals surface area contributed by atoms with Gasteiger partial charge in [0, 0.05) is 42.0 Å². The lowest BCUT2D eigenvalue weighted by molar-refractivity contribution is -0.0886. The van der Waals surface area contributed by atoms with E-state index in [2.05, 4.69) is 0 Å². The quantitative estimate of drug-likeness (QED) is 0.884. The molecule has 1 amide bonds. The maximum Gasteiger partial charge on any atom is 0.258 e. The normalized spacial score (nSPS) is 25.6. The van der Waals surface area contributed by atoms with Crippen LogP contribution in [0.5, 0.6) is 0 Å². The number of hydrogen-bond acceptors (Lipinski definition) is 3. The van der Waals surface area contributed by atoms with Crippen molar-refractivity contribution >= 4 is 16.7 Å². The van der Waals surface area contributed by atoms with E-state index in [1.54, 1.807) is 16.8 Å². The average molecular weight is 368 g/mol. The molecule has 0 spiro atoms. The number of nitrogens with zero attached hydrogens (tertiary/aromatic N) is 2. The van der Waals surface area contributed by atoms with E-state index in [0.29, 0.717) is 35.8 Å². The molecular formula is C22H28N2O3. The first-order chi connectivity index (χ1) is 12.9. The highest BCUT2D eigenvalue weighted by molar-refractivity contribution is 6.06. The zero-order chi connectivity index (χ0) is 19.2. The summed E-state index contributed by atoms with van der Waals surface area (Å²) in [6.07, 6.45) is 6.39. The standard InChI is InChI=1S/C22H28N2O3/c1-15(2)24-14-19(17-8-3-4-9-18(17)21(24)26)20(25)23-12-11-22(27)10-6-5-7-16(22)13-23/h3-4,8-9,14-16,27H,5-7,10-13H2,1-2H3/t16-,22+/m0/s1. The van der Waals surface area contributed by atoms with Crippen molar-refractivity contribution in [2.24, 2.45) is 5.92 Å². The maximum absolute atomic E-state index is 13.4. The fourth-order valence-corrected chi connectivity index (χ4v) is 4.79. The molecule has 1 aromatic heterocycles. The van der Waals surface area contributed by atoms with E-state index in [0.717, 1.165) is 25.7 Å². The van der Waals surface area contributed by atoms with Crippen LogP contribution in [0.3, 0.4) is 0 Å². The van der Waals surface area contributed by atoms with Gasteiger partial charge < -0.3 is 14.6 Å². The Bertz CT molecular complexity index is 933. The molecule has 1 N–H and O–H groups in total. The molecule has 0 unspecified atom stereocenters. The van der Waals surface area contributed by atoms with Crippen molar-refractivity contribution in [1.82, 2.24) is 9.47 Å². The summed E-state index contributed by atoms with van der Waals surface area (Å²) >= 11 is 0. The van der Waals surface area contributed by atoms with Crippen LogP contribution in [0.4, 0.5) is 0 Å². The molecule has 1 aliphatic heterocycles. The van der Waals surface area contributed by atoms with E-state index < -0.39 is 5.60 Å². The molecule has 1 saturated carbocycles. The molecular weight excluding hydrogens is 340 g/mol. The Morgan fingerprint density at radius 3 is 2.67 bits per heavy atom. The van der Waals surface area contributed by atoms with E-state index in [-0.39, 0.29) is 23.4 Å². The molecule has 2 fully saturated rings. The highest BCUT2D eigenvalue weighted by atomic mass is 16.3. The molecule has 27 heavy (non-hydrogen) atoms. The number of rotatable bonds is 2. The van der Waals surface area contributed by atoms with E-state index in [1.807, 2.05) is 36.9 Å². The number of benzene rings is 1. The Morgan fingerprint density at radius 2 is 1.93 bits per heavy atom. The number of pyridine rings is 1. The largest absolute Gasteiger partial charge is 0.389 e. The Morgan fingerprint density at radius 1 is 1.19 bits per heavy atom. The summed E-state index contributed by atoms with van der Waals surface area (Å²) < 4.78 is 1.65. The van der Waals surface area contributed by atoms with Crippen molar-refractivity contribution in [3.63, 3.8) is 0 Å². The maximum atomic E-state index is 13.4. The third kappa shape index (κ3) is 3.08. The van der Waals surface area contributed by atoms with Gasteiger partial charge in [-0.3, -0.25) is 9.59 Å². The molecule has 0 bridgehead atoms. The lowest BCUT2D eigenvalue weighted by atomic mass is 9.71. The number of likely N-dealkylation sites (tertiary alicyclic amines) is 1. The van der Waals surface area contributed by atoms with Crippen LogP contribution in [0.2, 0.25) is 0 Å². The summed E-state index contributed by atoms with van der Waals surface area (Å²) in [6, 6.07) is 7.34. The van der Waals surface area contributed by atoms with Gasteiger partial charge in [0.05, 0.1) is 11.2 Å². The highest BCUT2D eigenvalue weighted by Gasteiger charge is 2.44. The van der Waals surface area contributed by atoms with Crippen molar-refractivity contribution in [2.45, 2.75) is 57.6 Å². The SMILES string of the molecule is CC(C)n1cc(C(=O)N2CC[C@]3(O)CCCC[C@H]3C2)c2ccccc2c1=O. The molecule has 4 rings (SSSR count). The third-order valence-electron chi connectivity index (χ3n) is 6.45. The van der Waals surface area contributed by atoms with Crippen LogP contribution >= 0.6 is 0 Å². The lowest BCUT2D eigenvalue weighted by Gasteiger charge is -2.47. The first kappa shape index (κ1) is 18.2. The molecule has 144 valence electrons. The van der Waals surface area contributed by atoms with E-state index in [9.17, 15) is 14.7 Å². The molecule has 0 radical (unpaired) electrons. The number of aromatic nitrogens is 1. The zero-order valence-electron chi connectivity index (χ0n) is 16.1. The van der Waals surface area contributed by atoms with E-state index in [1.165, 1.54) is 0 Å². The van der Waals surface area contributed by atoms with Crippen molar-refractivity contribution in [3.05, 3.63) is 46.4 Å². The van der Waals surface area contributed by atoms with Crippen LogP contribution < -0.4 is 5.56 Å². The van der Waals surface area contributed by atoms with E-state index >= 15 is 0 Å². The molecule has 2 atom stereocenters. The van der Waals surface area contributed by atoms with Crippen molar-refractivity contribution in [3.8, 4) is 0 Å². The molecule has 5 nitrogen and oxygen atoms in total. The lowest BCUT2D eigenvalue weighted by Crippen LogP contribution is -2.54. The fraction of sp³-hybridized carbons (Fsp3) is 0.545. The van der Waals surface area contributed by atoms with Crippen LogP contribution in [0.15, 0.2) is 35.3 Å². The highest BCUT2D eigenvalue weighted by Crippen LogP contribution is 2.40. The Balaban J connectivity index is 1.73. The molecule has 1 aliphatic carbocycles.